The molecule has 0 bridgehead atoms. The number of anilines is 1. The second kappa shape index (κ2) is 9.61. The van der Waals surface area contributed by atoms with E-state index in [1.54, 1.807) is 25.2 Å². The molecule has 210 valence electrons. The Bertz CT molecular complexity index is 2070. The van der Waals surface area contributed by atoms with Crippen molar-refractivity contribution in [1.29, 1.82) is 0 Å². The van der Waals surface area contributed by atoms with Gasteiger partial charge in [0.15, 0.2) is 5.58 Å². The first-order chi connectivity index (χ1) is 20.3. The summed E-state index contributed by atoms with van der Waals surface area (Å²) in [5, 5.41) is 24.0. The molecular weight excluding hydrogens is 544 g/mol. The van der Waals surface area contributed by atoms with E-state index in [4.69, 9.17) is 10.2 Å². The van der Waals surface area contributed by atoms with Crippen LogP contribution in [-0.4, -0.2) is 56.6 Å². The molecule has 4 heterocycles. The average molecular weight is 567 g/mol. The number of aromatic amines is 1. The molecule has 0 fully saturated rings. The molecule has 2 amide bonds. The summed E-state index contributed by atoms with van der Waals surface area (Å²) >= 11 is 0. The summed E-state index contributed by atoms with van der Waals surface area (Å²) in [5.41, 5.74) is 10.5. The number of aryl methyl sites for hydroxylation is 2. The number of nitrogens with one attached hydrogen (secondary N) is 3. The number of fused-ring (bicyclic) bond motifs is 3. The molecule has 0 saturated carbocycles. The molecule has 1 aliphatic rings. The smallest absolute Gasteiger partial charge is 0.408 e. The van der Waals surface area contributed by atoms with Crippen LogP contribution in [0.3, 0.4) is 0 Å². The number of hydrogen-bond acceptors (Lipinski definition) is 11. The highest BCUT2D eigenvalue weighted by molar-refractivity contribution is 5.98. The third kappa shape index (κ3) is 4.30. The second-order valence-corrected chi connectivity index (χ2v) is 9.83. The molecule has 0 spiro atoms. The molecule has 5 N–H and O–H groups in total. The summed E-state index contributed by atoms with van der Waals surface area (Å²) in [6.45, 7) is 0.133. The van der Waals surface area contributed by atoms with Crippen molar-refractivity contribution in [2.45, 2.75) is 25.4 Å². The fraction of sp³-hybridized carbons (Fsp3) is 0.192. The van der Waals surface area contributed by atoms with Crippen molar-refractivity contribution in [1.82, 2.24) is 55.4 Å². The molecule has 16 nitrogen and oxygen atoms in total. The molecule has 0 saturated heterocycles. The van der Waals surface area contributed by atoms with Crippen molar-refractivity contribution < 1.29 is 14.0 Å². The number of aromatic nitrogens is 9. The number of hydrogen-bond donors (Lipinski definition) is 4. The Kier molecular flexibility index (Phi) is 5.74. The number of nitrogen functional groups attached to an aromatic ring is 1. The number of carbonyl (C=O) groups excluding carboxylic acids is 2. The number of oxazole rings is 1. The first-order valence-corrected chi connectivity index (χ1v) is 12.9. The van der Waals surface area contributed by atoms with Crippen molar-refractivity contribution in [3.63, 3.8) is 0 Å². The summed E-state index contributed by atoms with van der Waals surface area (Å²) in [4.78, 5) is 46.8. The van der Waals surface area contributed by atoms with Gasteiger partial charge in [-0.05, 0) is 52.9 Å². The minimum Gasteiger partial charge on any atom is -0.408 e. The van der Waals surface area contributed by atoms with Crippen LogP contribution in [0.15, 0.2) is 51.7 Å². The quantitative estimate of drug-likeness (QED) is 0.220. The summed E-state index contributed by atoms with van der Waals surface area (Å²) in [6.07, 6.45) is 1.45. The van der Waals surface area contributed by atoms with Gasteiger partial charge >= 0.3 is 5.76 Å². The van der Waals surface area contributed by atoms with E-state index in [1.807, 2.05) is 18.2 Å². The van der Waals surface area contributed by atoms with Crippen LogP contribution in [0.4, 0.5) is 5.95 Å². The number of tetrazole rings is 1. The predicted molar refractivity (Wildman–Crippen MR) is 146 cm³/mol. The van der Waals surface area contributed by atoms with Gasteiger partial charge in [-0.1, -0.05) is 18.2 Å². The molecule has 1 atom stereocenters. The minimum atomic E-state index is -0.525. The number of nitrogens with two attached hydrogens (primary N) is 1. The van der Waals surface area contributed by atoms with Gasteiger partial charge in [-0.25, -0.2) is 9.78 Å². The van der Waals surface area contributed by atoms with Gasteiger partial charge in [0, 0.05) is 25.2 Å². The van der Waals surface area contributed by atoms with Crippen molar-refractivity contribution in [2.24, 2.45) is 7.05 Å². The second-order valence-electron chi connectivity index (χ2n) is 9.83. The van der Waals surface area contributed by atoms with Gasteiger partial charge in [-0.15, -0.1) is 15.3 Å². The van der Waals surface area contributed by atoms with Crippen molar-refractivity contribution in [2.75, 3.05) is 5.73 Å². The highest BCUT2D eigenvalue weighted by Gasteiger charge is 2.27. The van der Waals surface area contributed by atoms with Crippen LogP contribution in [-0.2, 0) is 20.0 Å². The number of benzene rings is 2. The third-order valence-corrected chi connectivity index (χ3v) is 7.23. The standard InChI is InChI=1S/C26H22N12O4/c1-37-18-8-12(2-7-20(18)42-26(37)41)11-28-23(40)19-10-17(30-25-31-24(27)34-38(19)25)22(39)29-16-6-4-13-9-14(3-5-15(13)16)21-32-35-36-33-21/h2-3,5,7-10,16H,4,6,11H2,1H3,(H2,27,34)(H,28,40)(H,29,39)(H,32,33,35,36)/t16-/m0/s1. The lowest BCUT2D eigenvalue weighted by Crippen LogP contribution is -2.30. The van der Waals surface area contributed by atoms with Gasteiger partial charge in [0.1, 0.15) is 11.4 Å². The Hall–Kier alpha value is -5.93. The number of amides is 2. The van der Waals surface area contributed by atoms with Crippen LogP contribution >= 0.6 is 0 Å². The van der Waals surface area contributed by atoms with E-state index in [0.29, 0.717) is 23.3 Å². The first-order valence-electron chi connectivity index (χ1n) is 12.9. The molecule has 16 heteroatoms. The predicted octanol–water partition coefficient (Wildman–Crippen LogP) is 0.679. The van der Waals surface area contributed by atoms with E-state index in [2.05, 4.69) is 46.3 Å². The fourth-order valence-corrected chi connectivity index (χ4v) is 5.14. The zero-order valence-corrected chi connectivity index (χ0v) is 22.0. The summed E-state index contributed by atoms with van der Waals surface area (Å²) < 4.78 is 7.73. The monoisotopic (exact) mass is 566 g/mol. The summed E-state index contributed by atoms with van der Waals surface area (Å²) in [5.74, 6) is -1.06. The average Bonchev–Trinajstić information content (AvgIpc) is 3.78. The van der Waals surface area contributed by atoms with E-state index in [-0.39, 0.29) is 35.7 Å². The van der Waals surface area contributed by atoms with Crippen molar-refractivity contribution in [3.8, 4) is 11.4 Å². The minimum absolute atomic E-state index is 0.00765. The van der Waals surface area contributed by atoms with Crippen LogP contribution in [0.25, 0.3) is 28.3 Å². The molecule has 0 unspecified atom stereocenters. The Labute approximate surface area is 235 Å². The number of carbonyl (C=O) groups is 2. The SMILES string of the molecule is Cn1c(=O)oc2ccc(CNC(=O)c3cc(C(=O)N[C@H]4CCc5cc(-c6nn[nH]n6)ccc54)nc4nc(N)nn34)cc21. The summed E-state index contributed by atoms with van der Waals surface area (Å²) in [7, 11) is 1.60. The van der Waals surface area contributed by atoms with E-state index in [0.717, 1.165) is 28.7 Å². The Morgan fingerprint density at radius 1 is 1.14 bits per heavy atom. The number of H-pyrrole nitrogens is 1. The molecule has 7 rings (SSSR count). The Balaban J connectivity index is 1.12. The molecular formula is C26H22N12O4. The maximum Gasteiger partial charge on any atom is 0.419 e. The van der Waals surface area contributed by atoms with Gasteiger partial charge in [0.25, 0.3) is 17.6 Å². The third-order valence-electron chi connectivity index (χ3n) is 7.23. The largest absolute Gasteiger partial charge is 0.419 e. The van der Waals surface area contributed by atoms with Gasteiger partial charge < -0.3 is 20.8 Å². The molecule has 0 aliphatic heterocycles. The Morgan fingerprint density at radius 2 is 2.02 bits per heavy atom. The van der Waals surface area contributed by atoms with Crippen molar-refractivity contribution >= 4 is 34.6 Å². The topological polar surface area (TPSA) is 217 Å². The number of nitrogens with zero attached hydrogens (tertiary/aromatic N) is 8. The lowest BCUT2D eigenvalue weighted by atomic mass is 10.0. The van der Waals surface area contributed by atoms with E-state index in [1.165, 1.54) is 15.1 Å². The highest BCUT2D eigenvalue weighted by Crippen LogP contribution is 2.33. The van der Waals surface area contributed by atoms with Gasteiger partial charge in [0.2, 0.25) is 11.8 Å². The molecule has 1 aliphatic carbocycles. The van der Waals surface area contributed by atoms with Crippen molar-refractivity contribution in [3.05, 3.63) is 81.1 Å². The molecule has 42 heavy (non-hydrogen) atoms. The maximum atomic E-state index is 13.4. The molecule has 4 aromatic heterocycles. The Morgan fingerprint density at radius 3 is 2.86 bits per heavy atom. The molecule has 0 radical (unpaired) electrons. The zero-order valence-electron chi connectivity index (χ0n) is 22.0. The summed E-state index contributed by atoms with van der Waals surface area (Å²) in [6, 6.07) is 12.1. The lowest BCUT2D eigenvalue weighted by molar-refractivity contribution is 0.0931. The fourth-order valence-electron chi connectivity index (χ4n) is 5.14. The maximum absolute atomic E-state index is 13.4. The normalized spacial score (nSPS) is 14.4. The molecule has 2 aromatic carbocycles. The first kappa shape index (κ1) is 25.1. The van der Waals surface area contributed by atoms with E-state index < -0.39 is 17.6 Å². The van der Waals surface area contributed by atoms with E-state index in [9.17, 15) is 14.4 Å². The van der Waals surface area contributed by atoms with Crippen LogP contribution in [0.5, 0.6) is 0 Å². The van der Waals surface area contributed by atoms with Crippen LogP contribution in [0.1, 0.15) is 50.1 Å². The van der Waals surface area contributed by atoms with Crippen LogP contribution in [0.2, 0.25) is 0 Å². The van der Waals surface area contributed by atoms with Crippen LogP contribution in [0, 0.1) is 0 Å². The van der Waals surface area contributed by atoms with Gasteiger partial charge in [-0.2, -0.15) is 14.7 Å². The lowest BCUT2D eigenvalue weighted by Gasteiger charge is -2.15. The highest BCUT2D eigenvalue weighted by atomic mass is 16.4. The van der Waals surface area contributed by atoms with Crippen LogP contribution < -0.4 is 22.1 Å². The number of rotatable bonds is 6. The van der Waals surface area contributed by atoms with E-state index >= 15 is 0 Å². The van der Waals surface area contributed by atoms with Gasteiger partial charge in [0.05, 0.1) is 11.6 Å². The zero-order chi connectivity index (χ0) is 29.0. The van der Waals surface area contributed by atoms with Gasteiger partial charge in [-0.3, -0.25) is 14.2 Å². The molecule has 6 aromatic rings.